The predicted molar refractivity (Wildman–Crippen MR) is 70.0 cm³/mol. The molecule has 0 aliphatic rings. The lowest BCUT2D eigenvalue weighted by atomic mass is 10.1. The highest BCUT2D eigenvalue weighted by atomic mass is 16.5. The van der Waals surface area contributed by atoms with E-state index in [0.29, 0.717) is 12.4 Å². The maximum Gasteiger partial charge on any atom is 0.290 e. The Labute approximate surface area is 105 Å². The van der Waals surface area contributed by atoms with Crippen LogP contribution in [0.3, 0.4) is 0 Å². The molecular formula is C13H15N3O2. The van der Waals surface area contributed by atoms with E-state index in [-0.39, 0.29) is 5.56 Å². The number of ether oxygens (including phenoxy) is 1. The summed E-state index contributed by atoms with van der Waals surface area (Å²) in [6.45, 7) is 0.659. The number of benzene rings is 1. The minimum atomic E-state index is -0.202. The Balaban J connectivity index is 1.88. The molecule has 0 fully saturated rings. The molecule has 1 aromatic heterocycles. The van der Waals surface area contributed by atoms with Gasteiger partial charge in [0.15, 0.2) is 5.82 Å². The van der Waals surface area contributed by atoms with Crippen LogP contribution in [0.2, 0.25) is 0 Å². The van der Waals surface area contributed by atoms with Gasteiger partial charge in [-0.25, -0.2) is 4.98 Å². The van der Waals surface area contributed by atoms with Crippen LogP contribution in [0.5, 0.6) is 5.75 Å². The van der Waals surface area contributed by atoms with Gasteiger partial charge in [0.25, 0.3) is 5.56 Å². The third kappa shape index (κ3) is 3.10. The summed E-state index contributed by atoms with van der Waals surface area (Å²) in [5.41, 5.74) is 0.975. The Morgan fingerprint density at radius 3 is 2.78 bits per heavy atom. The number of aromatic amines is 1. The molecule has 0 radical (unpaired) electrons. The number of H-pyrrole nitrogens is 1. The fourth-order valence-corrected chi connectivity index (χ4v) is 1.60. The monoisotopic (exact) mass is 245 g/mol. The van der Waals surface area contributed by atoms with Gasteiger partial charge in [-0.2, -0.15) is 0 Å². The first-order valence-corrected chi connectivity index (χ1v) is 5.70. The van der Waals surface area contributed by atoms with E-state index in [9.17, 15) is 4.79 Å². The molecule has 5 nitrogen and oxygen atoms in total. The van der Waals surface area contributed by atoms with E-state index in [2.05, 4.69) is 15.3 Å². The second kappa shape index (κ2) is 5.86. The normalized spacial score (nSPS) is 10.1. The van der Waals surface area contributed by atoms with Gasteiger partial charge in [-0.05, 0) is 24.1 Å². The van der Waals surface area contributed by atoms with Gasteiger partial charge < -0.3 is 15.0 Å². The second-order valence-corrected chi connectivity index (χ2v) is 3.79. The van der Waals surface area contributed by atoms with Crippen LogP contribution >= 0.6 is 0 Å². The molecule has 0 saturated heterocycles. The van der Waals surface area contributed by atoms with Crippen molar-refractivity contribution in [2.75, 3.05) is 19.0 Å². The number of hydrogen-bond donors (Lipinski definition) is 2. The molecule has 2 aromatic rings. The zero-order valence-corrected chi connectivity index (χ0v) is 10.1. The summed E-state index contributed by atoms with van der Waals surface area (Å²) in [7, 11) is 1.64. The van der Waals surface area contributed by atoms with Gasteiger partial charge in [-0.1, -0.05) is 12.1 Å². The van der Waals surface area contributed by atoms with E-state index >= 15 is 0 Å². The number of anilines is 1. The second-order valence-electron chi connectivity index (χ2n) is 3.79. The minimum absolute atomic E-state index is 0.202. The van der Waals surface area contributed by atoms with Gasteiger partial charge in [0.1, 0.15) is 5.75 Å². The van der Waals surface area contributed by atoms with E-state index in [1.54, 1.807) is 13.3 Å². The van der Waals surface area contributed by atoms with E-state index in [1.807, 2.05) is 24.3 Å². The third-order valence-corrected chi connectivity index (χ3v) is 2.57. The molecule has 2 rings (SSSR count). The summed E-state index contributed by atoms with van der Waals surface area (Å²) >= 11 is 0. The number of nitrogens with one attached hydrogen (secondary N) is 2. The van der Waals surface area contributed by atoms with Crippen molar-refractivity contribution >= 4 is 5.82 Å². The van der Waals surface area contributed by atoms with Crippen LogP contribution in [0.15, 0.2) is 41.5 Å². The first-order chi connectivity index (χ1) is 8.79. The van der Waals surface area contributed by atoms with Crippen LogP contribution in [-0.4, -0.2) is 23.6 Å². The zero-order valence-electron chi connectivity index (χ0n) is 10.1. The fourth-order valence-electron chi connectivity index (χ4n) is 1.60. The first kappa shape index (κ1) is 12.2. The molecular weight excluding hydrogens is 230 g/mol. The molecule has 0 unspecified atom stereocenters. The van der Waals surface area contributed by atoms with Crippen molar-refractivity contribution in [1.29, 1.82) is 0 Å². The zero-order chi connectivity index (χ0) is 12.8. The van der Waals surface area contributed by atoms with E-state index in [0.717, 1.165) is 12.2 Å². The molecule has 0 spiro atoms. The molecule has 1 aromatic carbocycles. The third-order valence-electron chi connectivity index (χ3n) is 2.57. The van der Waals surface area contributed by atoms with E-state index < -0.39 is 0 Å². The standard InChI is InChI=1S/C13H15N3O2/c1-18-11-4-2-10(3-5-11)6-7-14-12-13(17)16-9-8-15-12/h2-5,8-9H,6-7H2,1H3,(H,14,15)(H,16,17). The van der Waals surface area contributed by atoms with Crippen LogP contribution in [0.4, 0.5) is 5.82 Å². The van der Waals surface area contributed by atoms with Crippen molar-refractivity contribution in [1.82, 2.24) is 9.97 Å². The maximum absolute atomic E-state index is 11.3. The lowest BCUT2D eigenvalue weighted by Gasteiger charge is -2.05. The average molecular weight is 245 g/mol. The number of rotatable bonds is 5. The first-order valence-electron chi connectivity index (χ1n) is 5.70. The lowest BCUT2D eigenvalue weighted by Crippen LogP contribution is -2.17. The maximum atomic E-state index is 11.3. The summed E-state index contributed by atoms with van der Waals surface area (Å²) in [5.74, 6) is 1.19. The largest absolute Gasteiger partial charge is 0.497 e. The molecule has 0 atom stereocenters. The average Bonchev–Trinajstić information content (AvgIpc) is 2.42. The quantitative estimate of drug-likeness (QED) is 0.836. The van der Waals surface area contributed by atoms with Gasteiger partial charge in [0, 0.05) is 18.9 Å². The number of methoxy groups -OCH3 is 1. The van der Waals surface area contributed by atoms with Gasteiger partial charge in [-0.15, -0.1) is 0 Å². The molecule has 94 valence electrons. The van der Waals surface area contributed by atoms with Crippen LogP contribution in [0.1, 0.15) is 5.56 Å². The Kier molecular flexibility index (Phi) is 3.96. The molecule has 18 heavy (non-hydrogen) atoms. The molecule has 0 aliphatic carbocycles. The smallest absolute Gasteiger partial charge is 0.290 e. The molecule has 0 bridgehead atoms. The van der Waals surface area contributed by atoms with E-state index in [4.69, 9.17) is 4.74 Å². The molecule has 1 heterocycles. The van der Waals surface area contributed by atoms with Crippen LogP contribution < -0.4 is 15.6 Å². The fraction of sp³-hybridized carbons (Fsp3) is 0.231. The van der Waals surface area contributed by atoms with Gasteiger partial charge >= 0.3 is 0 Å². The van der Waals surface area contributed by atoms with Crippen LogP contribution in [0, 0.1) is 0 Å². The Bertz CT molecular complexity index is 549. The summed E-state index contributed by atoms with van der Waals surface area (Å²) in [4.78, 5) is 17.9. The molecule has 0 aliphatic heterocycles. The Morgan fingerprint density at radius 2 is 2.11 bits per heavy atom. The van der Waals surface area contributed by atoms with Crippen molar-refractivity contribution in [3.05, 3.63) is 52.6 Å². The topological polar surface area (TPSA) is 67.0 Å². The Hall–Kier alpha value is -2.30. The molecule has 2 N–H and O–H groups in total. The summed E-state index contributed by atoms with van der Waals surface area (Å²) in [5, 5.41) is 3.00. The van der Waals surface area contributed by atoms with Crippen molar-refractivity contribution in [2.24, 2.45) is 0 Å². The highest BCUT2D eigenvalue weighted by Crippen LogP contribution is 2.11. The summed E-state index contributed by atoms with van der Waals surface area (Å²) < 4.78 is 5.09. The highest BCUT2D eigenvalue weighted by Gasteiger charge is 1.99. The molecule has 0 amide bonds. The van der Waals surface area contributed by atoms with Crippen LogP contribution in [-0.2, 0) is 6.42 Å². The molecule has 0 saturated carbocycles. The SMILES string of the molecule is COc1ccc(CCNc2ncc[nH]c2=O)cc1. The van der Waals surface area contributed by atoms with Gasteiger partial charge in [0.05, 0.1) is 7.11 Å². The Morgan fingerprint density at radius 1 is 1.33 bits per heavy atom. The van der Waals surface area contributed by atoms with Crippen molar-refractivity contribution in [2.45, 2.75) is 6.42 Å². The van der Waals surface area contributed by atoms with Crippen LogP contribution in [0.25, 0.3) is 0 Å². The highest BCUT2D eigenvalue weighted by molar-refractivity contribution is 5.31. The minimum Gasteiger partial charge on any atom is -0.497 e. The van der Waals surface area contributed by atoms with Gasteiger partial charge in [0.2, 0.25) is 0 Å². The summed E-state index contributed by atoms with van der Waals surface area (Å²) in [6, 6.07) is 7.85. The van der Waals surface area contributed by atoms with Crippen molar-refractivity contribution in [3.8, 4) is 5.75 Å². The van der Waals surface area contributed by atoms with E-state index in [1.165, 1.54) is 11.8 Å². The number of aromatic nitrogens is 2. The predicted octanol–water partition coefficient (Wildman–Crippen LogP) is 1.43. The summed E-state index contributed by atoms with van der Waals surface area (Å²) in [6.07, 6.45) is 3.88. The van der Waals surface area contributed by atoms with Gasteiger partial charge in [-0.3, -0.25) is 4.79 Å². The lowest BCUT2D eigenvalue weighted by molar-refractivity contribution is 0.414. The van der Waals surface area contributed by atoms with Crippen molar-refractivity contribution < 1.29 is 4.74 Å². The van der Waals surface area contributed by atoms with Crippen molar-refractivity contribution in [3.63, 3.8) is 0 Å². The number of hydrogen-bond acceptors (Lipinski definition) is 4. The molecule has 5 heteroatoms. The number of nitrogens with zero attached hydrogens (tertiary/aromatic N) is 1.